The number of aliphatic hydroxyl groups is 1. The van der Waals surface area contributed by atoms with Crippen LogP contribution in [0.25, 0.3) is 0 Å². The molecule has 1 aromatic rings. The zero-order valence-electron chi connectivity index (χ0n) is 21.7. The van der Waals surface area contributed by atoms with Crippen LogP contribution in [0, 0.1) is 0 Å². The first-order valence-corrected chi connectivity index (χ1v) is 12.5. The second kappa shape index (κ2) is 17.5. The van der Waals surface area contributed by atoms with Crippen LogP contribution in [0.4, 0.5) is 0 Å². The molecule has 0 radical (unpaired) electrons. The maximum Gasteiger partial charge on any atom is 0.326 e. The number of hydrogen-bond acceptors (Lipinski definition) is 9. The first-order chi connectivity index (χ1) is 18.5. The van der Waals surface area contributed by atoms with Crippen molar-refractivity contribution in [1.82, 2.24) is 16.0 Å². The Kier molecular flexibility index (Phi) is 14.9. The number of rotatable bonds is 18. The molecule has 0 aliphatic heterocycles. The van der Waals surface area contributed by atoms with E-state index in [1.165, 1.54) is 24.3 Å². The van der Waals surface area contributed by atoms with Crippen LogP contribution in [0.3, 0.4) is 0 Å². The van der Waals surface area contributed by atoms with E-state index < -0.39 is 54.5 Å². The van der Waals surface area contributed by atoms with Crippen molar-refractivity contribution in [2.75, 3.05) is 19.7 Å². The van der Waals surface area contributed by atoms with Gasteiger partial charge in [-0.05, 0) is 49.9 Å². The molecule has 3 amide bonds. The lowest BCUT2D eigenvalue weighted by atomic mass is 10.0. The van der Waals surface area contributed by atoms with Crippen LogP contribution in [0.2, 0.25) is 0 Å². The van der Waals surface area contributed by atoms with Crippen LogP contribution in [-0.2, 0) is 25.6 Å². The average Bonchev–Trinajstić information content (AvgIpc) is 2.89. The molecule has 0 bridgehead atoms. The molecule has 39 heavy (non-hydrogen) atoms. The third kappa shape index (κ3) is 12.9. The van der Waals surface area contributed by atoms with Crippen LogP contribution in [0.15, 0.2) is 29.3 Å². The lowest BCUT2D eigenvalue weighted by Crippen LogP contribution is -2.58. The maximum atomic E-state index is 13.1. The summed E-state index contributed by atoms with van der Waals surface area (Å²) in [5.74, 6) is -3.81. The smallest absolute Gasteiger partial charge is 0.326 e. The number of aliphatic imine (C=N–C) groups is 1. The number of aromatic hydroxyl groups is 1. The van der Waals surface area contributed by atoms with Gasteiger partial charge in [-0.25, -0.2) is 4.79 Å². The summed E-state index contributed by atoms with van der Waals surface area (Å²) in [5.41, 5.74) is 22.3. The normalized spacial score (nSPS) is 13.8. The maximum absolute atomic E-state index is 13.1. The fourth-order valence-corrected chi connectivity index (χ4v) is 3.50. The number of carboxylic acid groups (broad SMARTS) is 1. The second-order valence-electron chi connectivity index (χ2n) is 8.91. The molecule has 0 heterocycles. The molecule has 0 aliphatic carbocycles. The van der Waals surface area contributed by atoms with Crippen LogP contribution >= 0.6 is 0 Å². The van der Waals surface area contributed by atoms with E-state index in [2.05, 4.69) is 20.9 Å². The lowest BCUT2D eigenvalue weighted by molar-refractivity contribution is -0.142. The van der Waals surface area contributed by atoms with Gasteiger partial charge in [0.05, 0.1) is 12.6 Å². The number of aliphatic hydroxyl groups excluding tert-OH is 1. The highest BCUT2D eigenvalue weighted by Crippen LogP contribution is 2.12. The van der Waals surface area contributed by atoms with E-state index in [-0.39, 0.29) is 37.5 Å². The lowest BCUT2D eigenvalue weighted by Gasteiger charge is -2.24. The highest BCUT2D eigenvalue weighted by Gasteiger charge is 2.30. The summed E-state index contributed by atoms with van der Waals surface area (Å²) in [6, 6.07) is 0.899. The van der Waals surface area contributed by atoms with E-state index in [0.717, 1.165) is 0 Å². The number of benzene rings is 1. The number of carboxylic acids is 1. The Morgan fingerprint density at radius 3 is 2.00 bits per heavy atom. The molecule has 4 unspecified atom stereocenters. The molecule has 0 aromatic heterocycles. The molecule has 0 fully saturated rings. The Morgan fingerprint density at radius 1 is 0.846 bits per heavy atom. The number of hydrogen-bond donors (Lipinski definition) is 10. The quantitative estimate of drug-likeness (QED) is 0.0496. The van der Waals surface area contributed by atoms with Gasteiger partial charge in [0.15, 0.2) is 5.96 Å². The van der Waals surface area contributed by atoms with Gasteiger partial charge >= 0.3 is 5.97 Å². The Bertz CT molecular complexity index is 970. The summed E-state index contributed by atoms with van der Waals surface area (Å²) >= 11 is 0. The summed E-state index contributed by atoms with van der Waals surface area (Å²) in [5, 5.41) is 36.0. The first-order valence-electron chi connectivity index (χ1n) is 12.5. The van der Waals surface area contributed by atoms with Gasteiger partial charge in [0.25, 0.3) is 0 Å². The largest absolute Gasteiger partial charge is 0.508 e. The van der Waals surface area contributed by atoms with Crippen LogP contribution in [-0.4, -0.2) is 88.8 Å². The zero-order valence-corrected chi connectivity index (χ0v) is 21.7. The van der Waals surface area contributed by atoms with E-state index in [0.29, 0.717) is 31.4 Å². The molecule has 4 atom stereocenters. The Morgan fingerprint density at radius 2 is 1.44 bits per heavy atom. The van der Waals surface area contributed by atoms with Gasteiger partial charge in [0.1, 0.15) is 23.9 Å². The minimum Gasteiger partial charge on any atom is -0.508 e. The SMILES string of the molecule is NCCCCC(N)C(=O)NC(CO)C(=O)NC(Cc1ccc(O)cc1)C(=O)NC(CCCN=C(N)N)C(=O)O. The van der Waals surface area contributed by atoms with Crippen molar-refractivity contribution in [3.05, 3.63) is 29.8 Å². The molecule has 1 aromatic carbocycles. The van der Waals surface area contributed by atoms with Crippen molar-refractivity contribution in [3.63, 3.8) is 0 Å². The molecule has 0 saturated carbocycles. The molecular formula is C24H40N8O7. The second-order valence-corrected chi connectivity index (χ2v) is 8.91. The van der Waals surface area contributed by atoms with E-state index in [4.69, 9.17) is 22.9 Å². The summed E-state index contributed by atoms with van der Waals surface area (Å²) in [7, 11) is 0. The molecule has 0 spiro atoms. The third-order valence-corrected chi connectivity index (χ3v) is 5.69. The van der Waals surface area contributed by atoms with Crippen molar-refractivity contribution in [1.29, 1.82) is 0 Å². The van der Waals surface area contributed by atoms with Gasteiger partial charge in [-0.3, -0.25) is 19.4 Å². The zero-order chi connectivity index (χ0) is 29.4. The number of phenolic OH excluding ortho intramolecular Hbond substituents is 1. The Labute approximate surface area is 226 Å². The highest BCUT2D eigenvalue weighted by atomic mass is 16.4. The number of guanidine groups is 1. The molecule has 14 N–H and O–H groups in total. The molecular weight excluding hydrogens is 512 g/mol. The molecule has 0 aliphatic rings. The predicted molar refractivity (Wildman–Crippen MR) is 143 cm³/mol. The van der Waals surface area contributed by atoms with E-state index in [1.54, 1.807) is 0 Å². The van der Waals surface area contributed by atoms with Crippen molar-refractivity contribution >= 4 is 29.7 Å². The van der Waals surface area contributed by atoms with E-state index in [1.807, 2.05) is 0 Å². The minimum absolute atomic E-state index is 0.00902. The molecule has 15 nitrogen and oxygen atoms in total. The minimum atomic E-state index is -1.41. The van der Waals surface area contributed by atoms with Gasteiger partial charge < -0.3 is 54.2 Å². The molecule has 15 heteroatoms. The van der Waals surface area contributed by atoms with Crippen molar-refractivity contribution < 1.29 is 34.5 Å². The summed E-state index contributed by atoms with van der Waals surface area (Å²) in [6.07, 6.45) is 1.79. The highest BCUT2D eigenvalue weighted by molar-refractivity contribution is 5.94. The number of aliphatic carboxylic acids is 1. The predicted octanol–water partition coefficient (Wildman–Crippen LogP) is -3.02. The number of phenols is 1. The number of unbranched alkanes of at least 4 members (excludes halogenated alkanes) is 1. The summed E-state index contributed by atoms with van der Waals surface area (Å²) in [4.78, 5) is 53.9. The summed E-state index contributed by atoms with van der Waals surface area (Å²) in [6.45, 7) is -0.176. The Hall–Kier alpha value is -3.95. The molecule has 1 rings (SSSR count). The number of nitrogens with zero attached hydrogens (tertiary/aromatic N) is 1. The topological polar surface area (TPSA) is 282 Å². The summed E-state index contributed by atoms with van der Waals surface area (Å²) < 4.78 is 0. The number of nitrogens with one attached hydrogen (secondary N) is 3. The van der Waals surface area contributed by atoms with Gasteiger partial charge in [-0.2, -0.15) is 0 Å². The van der Waals surface area contributed by atoms with Gasteiger partial charge in [-0.1, -0.05) is 18.6 Å². The number of carbonyl (C=O) groups excluding carboxylic acids is 3. The van der Waals surface area contributed by atoms with Crippen LogP contribution in [0.5, 0.6) is 5.75 Å². The van der Waals surface area contributed by atoms with Gasteiger partial charge in [-0.15, -0.1) is 0 Å². The molecule has 218 valence electrons. The third-order valence-electron chi connectivity index (χ3n) is 5.69. The number of carbonyl (C=O) groups is 4. The molecule has 0 saturated heterocycles. The van der Waals surface area contributed by atoms with Crippen LogP contribution < -0.4 is 38.9 Å². The Balaban J connectivity index is 2.99. The van der Waals surface area contributed by atoms with Crippen molar-refractivity contribution in [3.8, 4) is 5.75 Å². The first kappa shape index (κ1) is 33.1. The fraction of sp³-hybridized carbons (Fsp3) is 0.542. The van der Waals surface area contributed by atoms with Gasteiger partial charge in [0.2, 0.25) is 17.7 Å². The van der Waals surface area contributed by atoms with E-state index in [9.17, 15) is 34.5 Å². The van der Waals surface area contributed by atoms with Crippen molar-refractivity contribution in [2.45, 2.75) is 62.7 Å². The average molecular weight is 553 g/mol. The van der Waals surface area contributed by atoms with E-state index >= 15 is 0 Å². The fourth-order valence-electron chi connectivity index (χ4n) is 3.50. The monoisotopic (exact) mass is 552 g/mol. The van der Waals surface area contributed by atoms with Crippen LogP contribution in [0.1, 0.15) is 37.7 Å². The number of nitrogens with two attached hydrogens (primary N) is 4. The van der Waals surface area contributed by atoms with Crippen molar-refractivity contribution in [2.24, 2.45) is 27.9 Å². The number of amides is 3. The van der Waals surface area contributed by atoms with Gasteiger partial charge in [0, 0.05) is 13.0 Å². The standard InChI is InChI=1S/C24H40N8O7/c25-10-2-1-4-16(26)20(35)32-19(13-33)22(37)31-18(12-14-6-8-15(34)9-7-14)21(36)30-17(23(38)39)5-3-11-29-24(27)28/h6-9,16-19,33-34H,1-5,10-13,25-26H2,(H,30,36)(H,31,37)(H,32,35)(H,38,39)(H4,27,28,29).